The predicted octanol–water partition coefficient (Wildman–Crippen LogP) is 3.37. The van der Waals surface area contributed by atoms with E-state index >= 15 is 0 Å². The molecule has 1 heterocycles. The van der Waals surface area contributed by atoms with Gasteiger partial charge in [0.25, 0.3) is 11.8 Å². The van der Waals surface area contributed by atoms with Crippen LogP contribution in [-0.4, -0.2) is 32.4 Å². The summed E-state index contributed by atoms with van der Waals surface area (Å²) in [6, 6.07) is 22.8. The molecule has 0 saturated carbocycles. The van der Waals surface area contributed by atoms with E-state index in [-0.39, 0.29) is 11.8 Å². The maximum atomic E-state index is 12.7. The van der Waals surface area contributed by atoms with Gasteiger partial charge in [0.1, 0.15) is 0 Å². The normalized spacial score (nSPS) is 10.3. The molecule has 0 bridgehead atoms. The van der Waals surface area contributed by atoms with E-state index in [1.165, 1.54) is 0 Å². The highest BCUT2D eigenvalue weighted by Gasteiger charge is 2.12. The van der Waals surface area contributed by atoms with Crippen molar-refractivity contribution in [1.82, 2.24) is 20.6 Å². The van der Waals surface area contributed by atoms with Gasteiger partial charge in [0.15, 0.2) is 5.82 Å². The van der Waals surface area contributed by atoms with Crippen molar-refractivity contribution >= 4 is 23.2 Å². The number of para-hydroxylation sites is 1. The summed E-state index contributed by atoms with van der Waals surface area (Å²) in [4.78, 5) is 25.1. The summed E-state index contributed by atoms with van der Waals surface area (Å²) in [5, 5.41) is 19.3. The van der Waals surface area contributed by atoms with Crippen LogP contribution < -0.4 is 10.6 Å². The first kappa shape index (κ1) is 18.1. The molecular formula is C21H16N6O2. The number of aromatic amines is 1. The predicted molar refractivity (Wildman–Crippen MR) is 108 cm³/mol. The molecule has 0 saturated heterocycles. The summed E-state index contributed by atoms with van der Waals surface area (Å²) in [6.45, 7) is 0. The van der Waals surface area contributed by atoms with E-state index in [0.717, 1.165) is 5.56 Å². The van der Waals surface area contributed by atoms with E-state index in [0.29, 0.717) is 28.3 Å². The lowest BCUT2D eigenvalue weighted by Crippen LogP contribution is -2.15. The first-order valence-electron chi connectivity index (χ1n) is 8.81. The van der Waals surface area contributed by atoms with Crippen LogP contribution in [-0.2, 0) is 0 Å². The highest BCUT2D eigenvalue weighted by atomic mass is 16.2. The Labute approximate surface area is 166 Å². The van der Waals surface area contributed by atoms with Crippen LogP contribution >= 0.6 is 0 Å². The number of nitrogens with zero attached hydrogens (tertiary/aromatic N) is 3. The second-order valence-corrected chi connectivity index (χ2v) is 6.19. The van der Waals surface area contributed by atoms with E-state index in [2.05, 4.69) is 31.3 Å². The van der Waals surface area contributed by atoms with Gasteiger partial charge >= 0.3 is 0 Å². The largest absolute Gasteiger partial charge is 0.322 e. The number of benzene rings is 3. The van der Waals surface area contributed by atoms with Gasteiger partial charge in [-0.3, -0.25) is 9.59 Å². The maximum absolute atomic E-state index is 12.7. The Hall–Kier alpha value is -4.33. The molecule has 0 aliphatic carbocycles. The zero-order valence-corrected chi connectivity index (χ0v) is 15.2. The fraction of sp³-hybridized carbons (Fsp3) is 0. The third-order valence-electron chi connectivity index (χ3n) is 4.16. The number of carbonyl (C=O) groups excluding carboxylic acids is 2. The van der Waals surface area contributed by atoms with Crippen LogP contribution in [0.2, 0.25) is 0 Å². The number of tetrazole rings is 1. The molecular weight excluding hydrogens is 368 g/mol. The molecule has 29 heavy (non-hydrogen) atoms. The SMILES string of the molecule is O=C(Nc1ccccc1)c1cccc(C(=O)Nc2cccc(-c3nnn[nH]3)c2)c1. The Kier molecular flexibility index (Phi) is 5.06. The van der Waals surface area contributed by atoms with Crippen molar-refractivity contribution < 1.29 is 9.59 Å². The van der Waals surface area contributed by atoms with E-state index < -0.39 is 0 Å². The molecule has 0 aliphatic heterocycles. The first-order valence-corrected chi connectivity index (χ1v) is 8.81. The summed E-state index contributed by atoms with van der Waals surface area (Å²) in [7, 11) is 0. The molecule has 8 heteroatoms. The van der Waals surface area contributed by atoms with Gasteiger partial charge in [0.2, 0.25) is 0 Å². The van der Waals surface area contributed by atoms with Crippen LogP contribution in [0.4, 0.5) is 11.4 Å². The van der Waals surface area contributed by atoms with Crippen LogP contribution in [0.5, 0.6) is 0 Å². The third-order valence-corrected chi connectivity index (χ3v) is 4.16. The highest BCUT2D eigenvalue weighted by Crippen LogP contribution is 2.19. The third kappa shape index (κ3) is 4.33. The van der Waals surface area contributed by atoms with Crippen molar-refractivity contribution in [1.29, 1.82) is 0 Å². The van der Waals surface area contributed by atoms with Crippen molar-refractivity contribution in [2.45, 2.75) is 0 Å². The highest BCUT2D eigenvalue weighted by molar-refractivity contribution is 6.08. The quantitative estimate of drug-likeness (QED) is 0.488. The number of rotatable bonds is 5. The topological polar surface area (TPSA) is 113 Å². The van der Waals surface area contributed by atoms with Crippen LogP contribution in [0.25, 0.3) is 11.4 Å². The number of hydrogen-bond donors (Lipinski definition) is 3. The number of H-pyrrole nitrogens is 1. The Morgan fingerprint density at radius 3 is 2.07 bits per heavy atom. The zero-order valence-electron chi connectivity index (χ0n) is 15.2. The molecule has 3 N–H and O–H groups in total. The fourth-order valence-corrected chi connectivity index (χ4v) is 2.76. The van der Waals surface area contributed by atoms with E-state index in [4.69, 9.17) is 0 Å². The molecule has 3 aromatic carbocycles. The minimum Gasteiger partial charge on any atom is -0.322 e. The Bertz CT molecular complexity index is 1140. The van der Waals surface area contributed by atoms with Crippen molar-refractivity contribution in [3.63, 3.8) is 0 Å². The summed E-state index contributed by atoms with van der Waals surface area (Å²) in [5.74, 6) is -0.112. The van der Waals surface area contributed by atoms with E-state index in [1.54, 1.807) is 54.6 Å². The number of hydrogen-bond acceptors (Lipinski definition) is 5. The lowest BCUT2D eigenvalue weighted by atomic mass is 10.1. The summed E-state index contributed by atoms with van der Waals surface area (Å²) >= 11 is 0. The van der Waals surface area contributed by atoms with Crippen molar-refractivity contribution in [2.75, 3.05) is 10.6 Å². The molecule has 2 amide bonds. The number of nitrogens with one attached hydrogen (secondary N) is 3. The molecule has 1 aromatic heterocycles. The Balaban J connectivity index is 1.49. The Morgan fingerprint density at radius 2 is 1.38 bits per heavy atom. The van der Waals surface area contributed by atoms with Gasteiger partial charge in [0.05, 0.1) is 0 Å². The number of anilines is 2. The van der Waals surface area contributed by atoms with Gasteiger partial charge < -0.3 is 10.6 Å². The molecule has 0 aliphatic rings. The van der Waals surface area contributed by atoms with Gasteiger partial charge in [-0.05, 0) is 52.9 Å². The zero-order chi connectivity index (χ0) is 20.1. The summed E-state index contributed by atoms with van der Waals surface area (Å²) in [6.07, 6.45) is 0. The number of aromatic nitrogens is 4. The van der Waals surface area contributed by atoms with Gasteiger partial charge in [-0.15, -0.1) is 5.10 Å². The standard InChI is InChI=1S/C21H16N6O2/c28-20(22-17-9-2-1-3-10-17)15-7-4-8-16(12-15)21(29)23-18-11-5-6-14(13-18)19-24-26-27-25-19/h1-13H,(H,22,28)(H,23,29)(H,24,25,26,27). The molecule has 8 nitrogen and oxygen atoms in total. The first-order chi connectivity index (χ1) is 14.2. The smallest absolute Gasteiger partial charge is 0.255 e. The van der Waals surface area contributed by atoms with Gasteiger partial charge in [-0.2, -0.15) is 0 Å². The molecule has 4 rings (SSSR count). The maximum Gasteiger partial charge on any atom is 0.255 e. The van der Waals surface area contributed by atoms with Crippen LogP contribution in [0.15, 0.2) is 78.9 Å². The second kappa shape index (κ2) is 8.13. The Morgan fingerprint density at radius 1 is 0.724 bits per heavy atom. The average Bonchev–Trinajstić information content (AvgIpc) is 3.30. The monoisotopic (exact) mass is 384 g/mol. The minimum absolute atomic E-state index is 0.286. The minimum atomic E-state index is -0.327. The summed E-state index contributed by atoms with van der Waals surface area (Å²) < 4.78 is 0. The van der Waals surface area contributed by atoms with Gasteiger partial charge in [-0.1, -0.05) is 36.4 Å². The summed E-state index contributed by atoms with van der Waals surface area (Å²) in [5.41, 5.74) is 2.78. The van der Waals surface area contributed by atoms with Gasteiger partial charge in [-0.25, -0.2) is 5.10 Å². The number of amides is 2. The lowest BCUT2D eigenvalue weighted by Gasteiger charge is -2.09. The molecule has 0 atom stereocenters. The van der Waals surface area contributed by atoms with Crippen molar-refractivity contribution in [3.05, 3.63) is 90.0 Å². The molecule has 142 valence electrons. The van der Waals surface area contributed by atoms with Gasteiger partial charge in [0, 0.05) is 28.1 Å². The lowest BCUT2D eigenvalue weighted by molar-refractivity contribution is 0.102. The average molecular weight is 384 g/mol. The van der Waals surface area contributed by atoms with Crippen molar-refractivity contribution in [3.8, 4) is 11.4 Å². The molecule has 0 spiro atoms. The van der Waals surface area contributed by atoms with Crippen LogP contribution in [0.3, 0.4) is 0 Å². The number of carbonyl (C=O) groups is 2. The van der Waals surface area contributed by atoms with E-state index in [1.807, 2.05) is 24.3 Å². The van der Waals surface area contributed by atoms with Crippen molar-refractivity contribution in [2.24, 2.45) is 0 Å². The fourth-order valence-electron chi connectivity index (χ4n) is 2.76. The van der Waals surface area contributed by atoms with Crippen LogP contribution in [0, 0.1) is 0 Å². The van der Waals surface area contributed by atoms with Crippen LogP contribution in [0.1, 0.15) is 20.7 Å². The van der Waals surface area contributed by atoms with E-state index in [9.17, 15) is 9.59 Å². The molecule has 4 aromatic rings. The molecule has 0 radical (unpaired) electrons. The second-order valence-electron chi connectivity index (χ2n) is 6.19. The molecule has 0 fully saturated rings. The molecule has 0 unspecified atom stereocenters.